The Bertz CT molecular complexity index is 591. The molecule has 0 radical (unpaired) electrons. The standard InChI is InChI=1S/C17H19BrFNO/c1-20(12-13-6-2-4-8-15(13)18)11-10-17(21)14-7-3-5-9-16(14)19/h2-9,17,21H,10-12H2,1H3. The molecule has 2 nitrogen and oxygen atoms in total. The number of aliphatic hydroxyl groups is 1. The van der Waals surface area contributed by atoms with E-state index >= 15 is 0 Å². The second kappa shape index (κ2) is 7.69. The topological polar surface area (TPSA) is 23.5 Å². The van der Waals surface area contributed by atoms with Crippen LogP contribution in [-0.2, 0) is 6.54 Å². The largest absolute Gasteiger partial charge is 0.388 e. The number of rotatable bonds is 6. The van der Waals surface area contributed by atoms with Crippen molar-refractivity contribution in [2.45, 2.75) is 19.1 Å². The quantitative estimate of drug-likeness (QED) is 0.845. The van der Waals surface area contributed by atoms with Gasteiger partial charge >= 0.3 is 0 Å². The maximum Gasteiger partial charge on any atom is 0.128 e. The summed E-state index contributed by atoms with van der Waals surface area (Å²) >= 11 is 3.53. The molecule has 0 heterocycles. The third kappa shape index (κ3) is 4.63. The van der Waals surface area contributed by atoms with Gasteiger partial charge in [0.1, 0.15) is 5.82 Å². The first kappa shape index (κ1) is 16.1. The average molecular weight is 352 g/mol. The van der Waals surface area contributed by atoms with Crippen LogP contribution in [0.15, 0.2) is 53.0 Å². The van der Waals surface area contributed by atoms with Gasteiger partial charge in [-0.15, -0.1) is 0 Å². The summed E-state index contributed by atoms with van der Waals surface area (Å²) in [6.07, 6.45) is -0.269. The van der Waals surface area contributed by atoms with E-state index in [1.54, 1.807) is 18.2 Å². The molecule has 0 bridgehead atoms. The van der Waals surface area contributed by atoms with E-state index in [9.17, 15) is 9.50 Å². The average Bonchev–Trinajstić information content (AvgIpc) is 2.48. The summed E-state index contributed by atoms with van der Waals surface area (Å²) in [5.74, 6) is -0.349. The highest BCUT2D eigenvalue weighted by Crippen LogP contribution is 2.21. The molecule has 2 aromatic carbocycles. The second-order valence-corrected chi connectivity index (χ2v) is 6.01. The van der Waals surface area contributed by atoms with Crippen molar-refractivity contribution in [2.75, 3.05) is 13.6 Å². The molecule has 1 N–H and O–H groups in total. The Morgan fingerprint density at radius 3 is 2.52 bits per heavy atom. The Hall–Kier alpha value is -1.23. The van der Waals surface area contributed by atoms with E-state index in [4.69, 9.17) is 0 Å². The SMILES string of the molecule is CN(CCC(O)c1ccccc1F)Cc1ccccc1Br. The molecule has 1 atom stereocenters. The van der Waals surface area contributed by atoms with Gasteiger partial charge in [0.25, 0.3) is 0 Å². The van der Waals surface area contributed by atoms with Gasteiger partial charge in [0.2, 0.25) is 0 Å². The molecule has 1 unspecified atom stereocenters. The fourth-order valence-corrected chi connectivity index (χ4v) is 2.65. The molecule has 0 amide bonds. The molecule has 0 saturated heterocycles. The first-order valence-corrected chi connectivity index (χ1v) is 7.71. The molecular formula is C17H19BrFNO. The van der Waals surface area contributed by atoms with Crippen molar-refractivity contribution >= 4 is 15.9 Å². The van der Waals surface area contributed by atoms with E-state index < -0.39 is 6.10 Å². The molecule has 2 aromatic rings. The van der Waals surface area contributed by atoms with Crippen molar-refractivity contribution in [2.24, 2.45) is 0 Å². The summed E-state index contributed by atoms with van der Waals surface area (Å²) in [5, 5.41) is 10.1. The zero-order valence-corrected chi connectivity index (χ0v) is 13.6. The predicted molar refractivity (Wildman–Crippen MR) is 86.5 cm³/mol. The Morgan fingerprint density at radius 1 is 1.14 bits per heavy atom. The van der Waals surface area contributed by atoms with Crippen LogP contribution in [0.25, 0.3) is 0 Å². The second-order valence-electron chi connectivity index (χ2n) is 5.16. The summed E-state index contributed by atoms with van der Waals surface area (Å²) in [6.45, 7) is 1.47. The summed E-state index contributed by atoms with van der Waals surface area (Å²) < 4.78 is 14.7. The summed E-state index contributed by atoms with van der Waals surface area (Å²) in [7, 11) is 1.99. The molecule has 0 aliphatic carbocycles. The number of benzene rings is 2. The fraction of sp³-hybridized carbons (Fsp3) is 0.294. The molecular weight excluding hydrogens is 333 g/mol. The lowest BCUT2D eigenvalue weighted by Crippen LogP contribution is -2.21. The molecule has 2 rings (SSSR count). The van der Waals surface area contributed by atoms with Crippen LogP contribution < -0.4 is 0 Å². The Kier molecular flexibility index (Phi) is 5.91. The highest BCUT2D eigenvalue weighted by molar-refractivity contribution is 9.10. The Labute approximate surface area is 133 Å². The van der Waals surface area contributed by atoms with Gasteiger partial charge in [-0.3, -0.25) is 0 Å². The number of nitrogens with zero attached hydrogens (tertiary/aromatic N) is 1. The van der Waals surface area contributed by atoms with Crippen LogP contribution in [0.1, 0.15) is 23.7 Å². The lowest BCUT2D eigenvalue weighted by molar-refractivity contribution is 0.144. The van der Waals surface area contributed by atoms with Gasteiger partial charge in [-0.25, -0.2) is 4.39 Å². The van der Waals surface area contributed by atoms with Gasteiger partial charge in [0.15, 0.2) is 0 Å². The van der Waals surface area contributed by atoms with Crippen molar-refractivity contribution < 1.29 is 9.50 Å². The van der Waals surface area contributed by atoms with Gasteiger partial charge < -0.3 is 10.0 Å². The van der Waals surface area contributed by atoms with Crippen molar-refractivity contribution in [3.05, 3.63) is 69.9 Å². The predicted octanol–water partition coefficient (Wildman–Crippen LogP) is 4.14. The molecule has 4 heteroatoms. The summed E-state index contributed by atoms with van der Waals surface area (Å²) in [4.78, 5) is 2.12. The van der Waals surface area contributed by atoms with Crippen molar-refractivity contribution in [3.8, 4) is 0 Å². The molecule has 0 saturated carbocycles. The normalized spacial score (nSPS) is 12.6. The van der Waals surface area contributed by atoms with Gasteiger partial charge in [0, 0.05) is 23.1 Å². The van der Waals surface area contributed by atoms with Crippen molar-refractivity contribution in [1.82, 2.24) is 4.90 Å². The van der Waals surface area contributed by atoms with Crippen LogP contribution in [0.2, 0.25) is 0 Å². The van der Waals surface area contributed by atoms with Gasteiger partial charge in [-0.05, 0) is 31.2 Å². The minimum atomic E-state index is -0.770. The third-order valence-electron chi connectivity index (χ3n) is 3.45. The van der Waals surface area contributed by atoms with Crippen LogP contribution in [-0.4, -0.2) is 23.6 Å². The molecule has 112 valence electrons. The van der Waals surface area contributed by atoms with E-state index in [-0.39, 0.29) is 5.82 Å². The highest BCUT2D eigenvalue weighted by atomic mass is 79.9. The summed E-state index contributed by atoms with van der Waals surface area (Å²) in [6, 6.07) is 14.4. The van der Waals surface area contributed by atoms with Gasteiger partial charge in [-0.1, -0.05) is 52.3 Å². The van der Waals surface area contributed by atoms with Crippen LogP contribution in [0.3, 0.4) is 0 Å². The molecule has 21 heavy (non-hydrogen) atoms. The summed E-state index contributed by atoms with van der Waals surface area (Å²) in [5.41, 5.74) is 1.56. The van der Waals surface area contributed by atoms with E-state index in [1.807, 2.05) is 25.2 Å². The van der Waals surface area contributed by atoms with Crippen LogP contribution in [0.4, 0.5) is 4.39 Å². The van der Waals surface area contributed by atoms with E-state index in [0.29, 0.717) is 18.5 Å². The minimum Gasteiger partial charge on any atom is -0.388 e. The monoisotopic (exact) mass is 351 g/mol. The molecule has 0 aliphatic heterocycles. The van der Waals surface area contributed by atoms with E-state index in [0.717, 1.165) is 11.0 Å². The van der Waals surface area contributed by atoms with Crippen LogP contribution >= 0.6 is 15.9 Å². The number of halogens is 2. The van der Waals surface area contributed by atoms with E-state index in [2.05, 4.69) is 26.9 Å². The number of aliphatic hydroxyl groups excluding tert-OH is 1. The first-order chi connectivity index (χ1) is 10.1. The minimum absolute atomic E-state index is 0.349. The Balaban J connectivity index is 1.88. The van der Waals surface area contributed by atoms with Gasteiger partial charge in [-0.2, -0.15) is 0 Å². The van der Waals surface area contributed by atoms with Gasteiger partial charge in [0.05, 0.1) is 6.10 Å². The van der Waals surface area contributed by atoms with Crippen LogP contribution in [0, 0.1) is 5.82 Å². The molecule has 0 spiro atoms. The van der Waals surface area contributed by atoms with Crippen molar-refractivity contribution in [3.63, 3.8) is 0 Å². The molecule has 0 fully saturated rings. The lowest BCUT2D eigenvalue weighted by Gasteiger charge is -2.20. The Morgan fingerprint density at radius 2 is 1.81 bits per heavy atom. The zero-order valence-electron chi connectivity index (χ0n) is 12.0. The zero-order chi connectivity index (χ0) is 15.2. The van der Waals surface area contributed by atoms with Crippen LogP contribution in [0.5, 0.6) is 0 Å². The maximum absolute atomic E-state index is 13.6. The lowest BCUT2D eigenvalue weighted by atomic mass is 10.1. The van der Waals surface area contributed by atoms with Crippen molar-refractivity contribution in [1.29, 1.82) is 0 Å². The van der Waals surface area contributed by atoms with E-state index in [1.165, 1.54) is 11.6 Å². The fourth-order valence-electron chi connectivity index (χ4n) is 2.24. The smallest absolute Gasteiger partial charge is 0.128 e. The third-order valence-corrected chi connectivity index (χ3v) is 4.22. The highest BCUT2D eigenvalue weighted by Gasteiger charge is 2.13. The number of hydrogen-bond donors (Lipinski definition) is 1. The molecule has 0 aromatic heterocycles. The maximum atomic E-state index is 13.6. The first-order valence-electron chi connectivity index (χ1n) is 6.92. The molecule has 0 aliphatic rings. The number of hydrogen-bond acceptors (Lipinski definition) is 2.